The molecule has 2 aromatic rings. The monoisotopic (exact) mass is 346 g/mol. The summed E-state index contributed by atoms with van der Waals surface area (Å²) in [6, 6.07) is 10.0. The predicted octanol–water partition coefficient (Wildman–Crippen LogP) is 3.50. The van der Waals surface area contributed by atoms with Gasteiger partial charge in [0.2, 0.25) is 5.91 Å². The van der Waals surface area contributed by atoms with E-state index in [1.807, 2.05) is 24.3 Å². The van der Waals surface area contributed by atoms with E-state index in [0.717, 1.165) is 24.4 Å². The molecule has 1 N–H and O–H groups in total. The number of carbonyl (C=O) groups is 1. The topological polar surface area (TPSA) is 41.6 Å². The largest absolute Gasteiger partial charge is 0.496 e. The number of methoxy groups -OCH3 is 1. The number of benzene rings is 1. The summed E-state index contributed by atoms with van der Waals surface area (Å²) in [4.78, 5) is 14.7. The van der Waals surface area contributed by atoms with Crippen LogP contribution in [0.15, 0.2) is 41.1 Å². The molecule has 1 atom stereocenters. The van der Waals surface area contributed by atoms with Crippen molar-refractivity contribution >= 4 is 17.2 Å². The van der Waals surface area contributed by atoms with Crippen molar-refractivity contribution in [3.8, 4) is 5.75 Å². The third-order valence-electron chi connectivity index (χ3n) is 4.22. The lowest BCUT2D eigenvalue weighted by Gasteiger charge is -2.29. The Morgan fingerprint density at radius 2 is 2.00 bits per heavy atom. The Kier molecular flexibility index (Phi) is 7.28. The molecule has 0 radical (unpaired) electrons. The molecule has 0 aliphatic carbocycles. The van der Waals surface area contributed by atoms with Crippen molar-refractivity contribution in [3.05, 3.63) is 52.2 Å². The zero-order valence-electron chi connectivity index (χ0n) is 14.6. The summed E-state index contributed by atoms with van der Waals surface area (Å²) in [6.45, 7) is 6.84. The first-order chi connectivity index (χ1) is 11.7. The van der Waals surface area contributed by atoms with Crippen LogP contribution in [0.5, 0.6) is 5.75 Å². The summed E-state index contributed by atoms with van der Waals surface area (Å²) >= 11 is 1.69. The van der Waals surface area contributed by atoms with Crippen molar-refractivity contribution in [1.29, 1.82) is 0 Å². The highest BCUT2D eigenvalue weighted by Gasteiger charge is 2.19. The molecule has 0 fully saturated rings. The van der Waals surface area contributed by atoms with Gasteiger partial charge in [0.15, 0.2) is 0 Å². The number of ether oxygens (including phenoxy) is 1. The summed E-state index contributed by atoms with van der Waals surface area (Å²) in [6.07, 6.45) is 0.332. The molecule has 4 nitrogen and oxygen atoms in total. The fraction of sp³-hybridized carbons (Fsp3) is 0.421. The van der Waals surface area contributed by atoms with Gasteiger partial charge in [0, 0.05) is 12.1 Å². The number of carbonyl (C=O) groups excluding carboxylic acids is 1. The number of likely N-dealkylation sites (N-methyl/N-ethyl adjacent to an activating group) is 1. The molecule has 2 rings (SSSR count). The van der Waals surface area contributed by atoms with Gasteiger partial charge < -0.3 is 10.1 Å². The highest BCUT2D eigenvalue weighted by Crippen LogP contribution is 2.22. The molecule has 5 heteroatoms. The maximum atomic E-state index is 12.4. The zero-order valence-corrected chi connectivity index (χ0v) is 15.4. The van der Waals surface area contributed by atoms with Crippen LogP contribution in [0.25, 0.3) is 0 Å². The van der Waals surface area contributed by atoms with Crippen molar-refractivity contribution in [2.24, 2.45) is 0 Å². The van der Waals surface area contributed by atoms with Gasteiger partial charge in [-0.2, -0.15) is 11.3 Å². The van der Waals surface area contributed by atoms with Crippen molar-refractivity contribution < 1.29 is 9.53 Å². The Balaban J connectivity index is 1.99. The van der Waals surface area contributed by atoms with Crippen LogP contribution in [0.4, 0.5) is 0 Å². The maximum absolute atomic E-state index is 12.4. The maximum Gasteiger partial charge on any atom is 0.224 e. The number of nitrogens with one attached hydrogen (secondary N) is 1. The number of para-hydroxylation sites is 1. The minimum atomic E-state index is 0.0203. The standard InChI is InChI=1S/C19H26N2O2S/c1-4-21(5-2)17(16-10-11-24-14-16)13-20-19(22)12-15-8-6-7-9-18(15)23-3/h6-11,14,17H,4-5,12-13H2,1-3H3,(H,20,22). The summed E-state index contributed by atoms with van der Waals surface area (Å²) in [7, 11) is 1.63. The molecular weight excluding hydrogens is 320 g/mol. The van der Waals surface area contributed by atoms with Gasteiger partial charge in [-0.05, 0) is 41.5 Å². The molecule has 0 saturated carbocycles. The molecule has 0 saturated heterocycles. The van der Waals surface area contributed by atoms with Crippen LogP contribution < -0.4 is 10.1 Å². The number of amides is 1. The second kappa shape index (κ2) is 9.45. The van der Waals surface area contributed by atoms with Gasteiger partial charge in [-0.15, -0.1) is 0 Å². The Labute approximate surface area is 148 Å². The Morgan fingerprint density at radius 3 is 2.62 bits per heavy atom. The lowest BCUT2D eigenvalue weighted by molar-refractivity contribution is -0.120. The molecular formula is C19H26N2O2S. The average molecular weight is 346 g/mol. The minimum absolute atomic E-state index is 0.0203. The molecule has 0 aliphatic rings. The Hall–Kier alpha value is -1.85. The van der Waals surface area contributed by atoms with E-state index in [0.29, 0.717) is 13.0 Å². The average Bonchev–Trinajstić information content (AvgIpc) is 3.13. The highest BCUT2D eigenvalue weighted by molar-refractivity contribution is 7.07. The lowest BCUT2D eigenvalue weighted by Crippen LogP contribution is -2.38. The Morgan fingerprint density at radius 1 is 1.25 bits per heavy atom. The number of hydrogen-bond donors (Lipinski definition) is 1. The second-order valence-electron chi connectivity index (χ2n) is 5.59. The molecule has 0 spiro atoms. The van der Waals surface area contributed by atoms with Crippen molar-refractivity contribution in [2.45, 2.75) is 26.3 Å². The molecule has 1 aromatic heterocycles. The van der Waals surface area contributed by atoms with Gasteiger partial charge in [0.25, 0.3) is 0 Å². The van der Waals surface area contributed by atoms with Gasteiger partial charge in [0.05, 0.1) is 19.6 Å². The van der Waals surface area contributed by atoms with E-state index in [1.165, 1.54) is 5.56 Å². The number of nitrogens with zero attached hydrogens (tertiary/aromatic N) is 1. The second-order valence-corrected chi connectivity index (χ2v) is 6.37. The van der Waals surface area contributed by atoms with Gasteiger partial charge in [-0.3, -0.25) is 9.69 Å². The molecule has 24 heavy (non-hydrogen) atoms. The first-order valence-corrected chi connectivity index (χ1v) is 9.28. The zero-order chi connectivity index (χ0) is 17.4. The quantitative estimate of drug-likeness (QED) is 0.755. The normalized spacial score (nSPS) is 12.2. The number of rotatable bonds is 9. The molecule has 1 amide bonds. The van der Waals surface area contributed by atoms with E-state index >= 15 is 0 Å². The first-order valence-electron chi connectivity index (χ1n) is 8.34. The van der Waals surface area contributed by atoms with Crippen LogP contribution in [0, 0.1) is 0 Å². The van der Waals surface area contributed by atoms with E-state index in [9.17, 15) is 4.79 Å². The molecule has 1 aromatic carbocycles. The summed E-state index contributed by atoms with van der Waals surface area (Å²) in [5.41, 5.74) is 2.17. The summed E-state index contributed by atoms with van der Waals surface area (Å²) in [5.74, 6) is 0.776. The van der Waals surface area contributed by atoms with E-state index < -0.39 is 0 Å². The van der Waals surface area contributed by atoms with Crippen LogP contribution in [-0.4, -0.2) is 37.6 Å². The predicted molar refractivity (Wildman–Crippen MR) is 99.7 cm³/mol. The third kappa shape index (κ3) is 4.82. The number of thiophene rings is 1. The van der Waals surface area contributed by atoms with Crippen LogP contribution in [0.2, 0.25) is 0 Å². The molecule has 130 valence electrons. The van der Waals surface area contributed by atoms with Crippen LogP contribution in [0.3, 0.4) is 0 Å². The first kappa shape index (κ1) is 18.5. The van der Waals surface area contributed by atoms with Crippen LogP contribution in [0.1, 0.15) is 31.0 Å². The third-order valence-corrected chi connectivity index (χ3v) is 4.92. The van der Waals surface area contributed by atoms with Crippen molar-refractivity contribution in [3.63, 3.8) is 0 Å². The van der Waals surface area contributed by atoms with Crippen LogP contribution >= 0.6 is 11.3 Å². The number of hydrogen-bond acceptors (Lipinski definition) is 4. The van der Waals surface area contributed by atoms with Gasteiger partial charge >= 0.3 is 0 Å². The fourth-order valence-electron chi connectivity index (χ4n) is 2.88. The van der Waals surface area contributed by atoms with Gasteiger partial charge in [0.1, 0.15) is 5.75 Å². The molecule has 1 heterocycles. The smallest absolute Gasteiger partial charge is 0.224 e. The van der Waals surface area contributed by atoms with E-state index in [2.05, 4.69) is 40.9 Å². The Bertz CT molecular complexity index is 624. The molecule has 0 aliphatic heterocycles. The van der Waals surface area contributed by atoms with E-state index in [-0.39, 0.29) is 11.9 Å². The summed E-state index contributed by atoms with van der Waals surface area (Å²) < 4.78 is 5.32. The van der Waals surface area contributed by atoms with Crippen molar-refractivity contribution in [2.75, 3.05) is 26.7 Å². The molecule has 0 bridgehead atoms. The molecule has 1 unspecified atom stereocenters. The van der Waals surface area contributed by atoms with Crippen LogP contribution in [-0.2, 0) is 11.2 Å². The van der Waals surface area contributed by atoms with E-state index in [1.54, 1.807) is 18.4 Å². The van der Waals surface area contributed by atoms with E-state index in [4.69, 9.17) is 4.74 Å². The highest BCUT2D eigenvalue weighted by atomic mass is 32.1. The minimum Gasteiger partial charge on any atom is -0.496 e. The van der Waals surface area contributed by atoms with Crippen molar-refractivity contribution in [1.82, 2.24) is 10.2 Å². The van der Waals surface area contributed by atoms with Gasteiger partial charge in [-0.25, -0.2) is 0 Å². The van der Waals surface area contributed by atoms with Gasteiger partial charge in [-0.1, -0.05) is 32.0 Å². The lowest BCUT2D eigenvalue weighted by atomic mass is 10.1. The fourth-order valence-corrected chi connectivity index (χ4v) is 3.59. The SMILES string of the molecule is CCN(CC)C(CNC(=O)Cc1ccccc1OC)c1ccsc1. The summed E-state index contributed by atoms with van der Waals surface area (Å²) in [5, 5.41) is 7.34.